The van der Waals surface area contributed by atoms with Crippen LogP contribution in [-0.4, -0.2) is 8.42 Å². The molecule has 0 bridgehead atoms. The van der Waals surface area contributed by atoms with E-state index in [2.05, 4.69) is 0 Å². The highest BCUT2D eigenvalue weighted by Gasteiger charge is 2.16. The second-order valence-electron chi connectivity index (χ2n) is 4.13. The Bertz CT molecular complexity index is 559. The molecular weight excluding hydrogens is 328 g/mol. The molecule has 0 unspecified atom stereocenters. The van der Waals surface area contributed by atoms with Gasteiger partial charge in [-0.3, -0.25) is 0 Å². The van der Waals surface area contributed by atoms with E-state index in [0.29, 0.717) is 9.79 Å². The van der Waals surface area contributed by atoms with Crippen molar-refractivity contribution in [3.05, 3.63) is 59.7 Å². The molecule has 0 saturated heterocycles. The highest BCUT2D eigenvalue weighted by atomic mass is 32.2. The largest absolute Gasteiger partial charge is 0.219 e. The quantitative estimate of drug-likeness (QED) is 0.561. The van der Waals surface area contributed by atoms with Crippen LogP contribution in [0.2, 0.25) is 0 Å². The predicted octanol–water partition coefficient (Wildman–Crippen LogP) is 7.24. The first-order valence-electron chi connectivity index (χ1n) is 9.38. The summed E-state index contributed by atoms with van der Waals surface area (Å²) in [6.45, 7) is 19.9. The van der Waals surface area contributed by atoms with Crippen LogP contribution in [0.3, 0.4) is 0 Å². The van der Waals surface area contributed by atoms with E-state index in [9.17, 15) is 8.42 Å². The summed E-state index contributed by atoms with van der Waals surface area (Å²) in [4.78, 5) is 0.680. The molecule has 25 heavy (non-hydrogen) atoms. The van der Waals surface area contributed by atoms with Crippen LogP contribution >= 0.6 is 0 Å². The molecule has 0 aliphatic heterocycles. The Balaban J connectivity index is -0.000000533. The fraction of sp³-hybridized carbons (Fsp3) is 0.455. The summed E-state index contributed by atoms with van der Waals surface area (Å²) in [7, 11) is -3.37. The van der Waals surface area contributed by atoms with Crippen molar-refractivity contribution < 1.29 is 8.42 Å². The van der Waals surface area contributed by atoms with Crippen molar-refractivity contribution >= 4 is 9.84 Å². The van der Waals surface area contributed by atoms with Crippen LogP contribution in [-0.2, 0) is 9.84 Å². The van der Waals surface area contributed by atoms with Crippen LogP contribution in [0.5, 0.6) is 0 Å². The van der Waals surface area contributed by atoms with Gasteiger partial charge in [0.15, 0.2) is 0 Å². The van der Waals surface area contributed by atoms with E-state index in [4.69, 9.17) is 0 Å². The van der Waals surface area contributed by atoms with E-state index in [-0.39, 0.29) is 0 Å². The molecule has 0 fully saturated rings. The lowest BCUT2D eigenvalue weighted by Crippen LogP contribution is -2.01. The Labute approximate surface area is 157 Å². The van der Waals surface area contributed by atoms with Gasteiger partial charge in [0.1, 0.15) is 0 Å². The zero-order valence-corrected chi connectivity index (χ0v) is 18.7. The molecule has 144 valence electrons. The first kappa shape index (κ1) is 28.2. The summed E-state index contributed by atoms with van der Waals surface area (Å²) in [5.41, 5.74) is 2.10. The highest BCUT2D eigenvalue weighted by Crippen LogP contribution is 2.21. The van der Waals surface area contributed by atoms with E-state index in [1.165, 1.54) is 0 Å². The third-order valence-corrected chi connectivity index (χ3v) is 4.45. The summed E-state index contributed by atoms with van der Waals surface area (Å²) in [5.74, 6) is 0. The van der Waals surface area contributed by atoms with Crippen molar-refractivity contribution in [1.29, 1.82) is 0 Å². The van der Waals surface area contributed by atoms with Gasteiger partial charge in [-0.15, -0.1) is 0 Å². The maximum atomic E-state index is 12.3. The maximum Gasteiger partial charge on any atom is 0.206 e. The van der Waals surface area contributed by atoms with Crippen molar-refractivity contribution in [1.82, 2.24) is 0 Å². The summed E-state index contributed by atoms with van der Waals surface area (Å²) >= 11 is 0. The van der Waals surface area contributed by atoms with Gasteiger partial charge in [-0.1, -0.05) is 90.8 Å². The van der Waals surface area contributed by atoms with Crippen molar-refractivity contribution in [3.63, 3.8) is 0 Å². The molecule has 0 heterocycles. The van der Waals surface area contributed by atoms with Crippen LogP contribution in [0.4, 0.5) is 0 Å². The summed E-state index contributed by atoms with van der Waals surface area (Å²) in [5, 5.41) is 0. The number of sulfone groups is 1. The molecule has 0 N–H and O–H groups in total. The lowest BCUT2D eigenvalue weighted by Gasteiger charge is -2.05. The summed E-state index contributed by atoms with van der Waals surface area (Å²) in [6, 6.07) is 13.8. The minimum absolute atomic E-state index is 0.340. The molecule has 0 atom stereocenters. The molecule has 2 rings (SSSR count). The molecule has 2 aromatic carbocycles. The molecule has 0 aliphatic carbocycles. The van der Waals surface area contributed by atoms with Gasteiger partial charge in [-0.05, 0) is 38.1 Å². The van der Waals surface area contributed by atoms with E-state index in [1.807, 2.05) is 69.2 Å². The number of hydrogen-bond acceptors (Lipinski definition) is 2. The summed E-state index contributed by atoms with van der Waals surface area (Å²) < 4.78 is 24.5. The normalized spacial score (nSPS) is 8.72. The van der Waals surface area contributed by atoms with Crippen LogP contribution < -0.4 is 0 Å². The van der Waals surface area contributed by atoms with E-state index in [1.54, 1.807) is 48.5 Å². The number of benzene rings is 2. The van der Waals surface area contributed by atoms with Gasteiger partial charge in [-0.2, -0.15) is 0 Å². The van der Waals surface area contributed by atoms with Gasteiger partial charge in [0, 0.05) is 0 Å². The fourth-order valence-corrected chi connectivity index (χ4v) is 2.83. The second kappa shape index (κ2) is 17.2. The lowest BCUT2D eigenvalue weighted by atomic mass is 10.2. The van der Waals surface area contributed by atoms with E-state index < -0.39 is 9.84 Å². The summed E-state index contributed by atoms with van der Waals surface area (Å²) in [6.07, 6.45) is 0. The van der Waals surface area contributed by atoms with Crippen LogP contribution in [0.1, 0.15) is 66.5 Å². The minimum Gasteiger partial charge on any atom is -0.219 e. The topological polar surface area (TPSA) is 34.1 Å². The van der Waals surface area contributed by atoms with Gasteiger partial charge in [0.25, 0.3) is 0 Å². The minimum atomic E-state index is -3.37. The number of rotatable bonds is 2. The van der Waals surface area contributed by atoms with E-state index in [0.717, 1.165) is 11.1 Å². The maximum absolute atomic E-state index is 12.3. The van der Waals surface area contributed by atoms with Crippen LogP contribution in [0.15, 0.2) is 58.3 Å². The first-order chi connectivity index (χ1) is 12.0. The number of hydrogen-bond donors (Lipinski definition) is 0. The van der Waals surface area contributed by atoms with Crippen LogP contribution in [0, 0.1) is 13.8 Å². The molecule has 2 aromatic rings. The molecule has 0 saturated carbocycles. The Morgan fingerprint density at radius 1 is 0.480 bits per heavy atom. The van der Waals surface area contributed by atoms with Crippen molar-refractivity contribution in [2.45, 2.75) is 79.0 Å². The third kappa shape index (κ3) is 10.1. The van der Waals surface area contributed by atoms with Gasteiger partial charge in [0.2, 0.25) is 9.84 Å². The molecule has 2 nitrogen and oxygen atoms in total. The van der Waals surface area contributed by atoms with Crippen molar-refractivity contribution in [2.24, 2.45) is 0 Å². The SMILES string of the molecule is CC.CC.CC.CC.Cc1ccc(S(=O)(=O)c2ccc(C)cc2)cc1. The molecule has 3 heteroatoms. The molecule has 0 amide bonds. The Morgan fingerprint density at radius 2 is 0.680 bits per heavy atom. The Kier molecular flexibility index (Phi) is 19.4. The van der Waals surface area contributed by atoms with Gasteiger partial charge in [-0.25, -0.2) is 8.42 Å². The van der Waals surface area contributed by atoms with Gasteiger partial charge >= 0.3 is 0 Å². The first-order valence-corrected chi connectivity index (χ1v) is 10.9. The van der Waals surface area contributed by atoms with Gasteiger partial charge in [0.05, 0.1) is 9.79 Å². The lowest BCUT2D eigenvalue weighted by molar-refractivity contribution is 0.596. The zero-order valence-electron chi connectivity index (χ0n) is 17.8. The Hall–Kier alpha value is -1.61. The molecule has 0 spiro atoms. The van der Waals surface area contributed by atoms with Gasteiger partial charge < -0.3 is 0 Å². The standard InChI is InChI=1S/C14H14O2S.4C2H6/c1-11-3-7-13(8-4-11)17(15,16)14-9-5-12(2)6-10-14;4*1-2/h3-10H,1-2H3;4*1-2H3. The molecular formula is C22H38O2S. The molecule has 0 aromatic heterocycles. The van der Waals surface area contributed by atoms with Crippen LogP contribution in [0.25, 0.3) is 0 Å². The van der Waals surface area contributed by atoms with Crippen molar-refractivity contribution in [2.75, 3.05) is 0 Å². The van der Waals surface area contributed by atoms with E-state index >= 15 is 0 Å². The van der Waals surface area contributed by atoms with Crippen molar-refractivity contribution in [3.8, 4) is 0 Å². The smallest absolute Gasteiger partial charge is 0.206 e. The fourth-order valence-electron chi connectivity index (χ4n) is 1.57. The predicted molar refractivity (Wildman–Crippen MR) is 113 cm³/mol. The zero-order chi connectivity index (χ0) is 20.5. The monoisotopic (exact) mass is 366 g/mol. The Morgan fingerprint density at radius 3 is 0.880 bits per heavy atom. The molecule has 0 radical (unpaired) electrons. The third-order valence-electron chi connectivity index (χ3n) is 2.66. The second-order valence-corrected chi connectivity index (χ2v) is 6.08. The highest BCUT2D eigenvalue weighted by molar-refractivity contribution is 7.91. The average molecular weight is 367 g/mol. The number of aryl methyl sites for hydroxylation is 2. The molecule has 0 aliphatic rings. The average Bonchev–Trinajstić information content (AvgIpc) is 2.69.